The van der Waals surface area contributed by atoms with Crippen LogP contribution in [0.15, 0.2) is 0 Å². The van der Waals surface area contributed by atoms with Crippen LogP contribution < -0.4 is 16.4 Å². The fraction of sp³-hybridized carbons (Fsp3) is 0.833. The average molecular weight is 161 g/mol. The first-order valence-corrected chi connectivity index (χ1v) is 3.54. The van der Waals surface area contributed by atoms with Gasteiger partial charge in [0.15, 0.2) is 0 Å². The molecule has 11 heavy (non-hydrogen) atoms. The summed E-state index contributed by atoms with van der Waals surface area (Å²) < 4.78 is 5.01. The molecule has 66 valence electrons. The van der Waals surface area contributed by atoms with Crippen LogP contribution in [-0.2, 0) is 4.74 Å². The van der Waals surface area contributed by atoms with E-state index in [1.165, 1.54) is 0 Å². The van der Waals surface area contributed by atoms with Crippen LogP contribution in [0, 0.1) is 0 Å². The standard InChI is InChI=1S/C6H15N3O2/c1-8-6(10)9-3-5-11-4-2-7/h2-5,7H2,1H3,(H2,8,9,10). The number of ether oxygens (including phenoxy) is 1. The van der Waals surface area contributed by atoms with E-state index in [4.69, 9.17) is 10.5 Å². The van der Waals surface area contributed by atoms with Crippen LogP contribution in [0.5, 0.6) is 0 Å². The Hall–Kier alpha value is -0.810. The molecule has 0 radical (unpaired) electrons. The highest BCUT2D eigenvalue weighted by Gasteiger charge is 1.92. The lowest BCUT2D eigenvalue weighted by Gasteiger charge is -2.03. The number of rotatable bonds is 5. The second-order valence-corrected chi connectivity index (χ2v) is 1.91. The molecule has 0 rings (SSSR count). The highest BCUT2D eigenvalue weighted by molar-refractivity contribution is 5.73. The third-order valence-corrected chi connectivity index (χ3v) is 1.02. The van der Waals surface area contributed by atoms with Crippen LogP contribution in [0.4, 0.5) is 4.79 Å². The minimum Gasteiger partial charge on any atom is -0.378 e. The molecule has 0 bridgehead atoms. The monoisotopic (exact) mass is 161 g/mol. The van der Waals surface area contributed by atoms with Crippen molar-refractivity contribution >= 4 is 6.03 Å². The molecule has 0 atom stereocenters. The maximum absolute atomic E-state index is 10.5. The SMILES string of the molecule is CNC(=O)NCCOCCN. The normalized spacial score (nSPS) is 9.27. The summed E-state index contributed by atoms with van der Waals surface area (Å²) in [7, 11) is 1.57. The third-order valence-electron chi connectivity index (χ3n) is 1.02. The van der Waals surface area contributed by atoms with E-state index in [0.717, 1.165) is 0 Å². The zero-order valence-corrected chi connectivity index (χ0v) is 6.72. The van der Waals surface area contributed by atoms with Crippen LogP contribution >= 0.6 is 0 Å². The van der Waals surface area contributed by atoms with Crippen molar-refractivity contribution in [3.05, 3.63) is 0 Å². The lowest BCUT2D eigenvalue weighted by molar-refractivity contribution is 0.144. The van der Waals surface area contributed by atoms with Gasteiger partial charge in [0.05, 0.1) is 13.2 Å². The second-order valence-electron chi connectivity index (χ2n) is 1.91. The van der Waals surface area contributed by atoms with Crippen molar-refractivity contribution in [3.63, 3.8) is 0 Å². The van der Waals surface area contributed by atoms with Gasteiger partial charge in [-0.3, -0.25) is 0 Å². The molecular formula is C6H15N3O2. The summed E-state index contributed by atoms with van der Waals surface area (Å²) in [5.41, 5.74) is 5.17. The Balaban J connectivity index is 2.95. The molecule has 0 aromatic rings. The topological polar surface area (TPSA) is 76.4 Å². The molecule has 0 aliphatic rings. The molecule has 5 nitrogen and oxygen atoms in total. The number of urea groups is 1. The van der Waals surface area contributed by atoms with Gasteiger partial charge in [0, 0.05) is 20.1 Å². The molecule has 2 amide bonds. The van der Waals surface area contributed by atoms with Gasteiger partial charge in [0.25, 0.3) is 0 Å². The van der Waals surface area contributed by atoms with Crippen molar-refractivity contribution in [2.45, 2.75) is 0 Å². The summed E-state index contributed by atoms with van der Waals surface area (Å²) >= 11 is 0. The Labute approximate surface area is 66.3 Å². The van der Waals surface area contributed by atoms with E-state index >= 15 is 0 Å². The zero-order valence-electron chi connectivity index (χ0n) is 6.72. The summed E-state index contributed by atoms with van der Waals surface area (Å²) in [4.78, 5) is 10.5. The van der Waals surface area contributed by atoms with Crippen LogP contribution in [-0.4, -0.2) is 39.4 Å². The molecule has 0 aliphatic heterocycles. The number of nitrogens with two attached hydrogens (primary N) is 1. The Morgan fingerprint density at radius 2 is 2.27 bits per heavy atom. The molecule has 0 aromatic heterocycles. The smallest absolute Gasteiger partial charge is 0.314 e. The van der Waals surface area contributed by atoms with Crippen molar-refractivity contribution in [1.29, 1.82) is 0 Å². The molecule has 0 heterocycles. The van der Waals surface area contributed by atoms with Crippen molar-refractivity contribution < 1.29 is 9.53 Å². The molecule has 0 fully saturated rings. The zero-order chi connectivity index (χ0) is 8.53. The second kappa shape index (κ2) is 7.30. The molecule has 5 heteroatoms. The van der Waals surface area contributed by atoms with Crippen molar-refractivity contribution in [2.75, 3.05) is 33.4 Å². The van der Waals surface area contributed by atoms with E-state index in [0.29, 0.717) is 26.3 Å². The van der Waals surface area contributed by atoms with E-state index in [1.54, 1.807) is 7.05 Å². The van der Waals surface area contributed by atoms with Crippen LogP contribution in [0.25, 0.3) is 0 Å². The Kier molecular flexibility index (Phi) is 6.76. The molecular weight excluding hydrogens is 146 g/mol. The van der Waals surface area contributed by atoms with Gasteiger partial charge >= 0.3 is 6.03 Å². The number of amides is 2. The summed E-state index contributed by atoms with van der Waals surface area (Å²) in [6.07, 6.45) is 0. The fourth-order valence-corrected chi connectivity index (χ4v) is 0.511. The van der Waals surface area contributed by atoms with Gasteiger partial charge in [-0.2, -0.15) is 0 Å². The number of carbonyl (C=O) groups is 1. The van der Waals surface area contributed by atoms with E-state index in [-0.39, 0.29) is 6.03 Å². The minimum absolute atomic E-state index is 0.193. The van der Waals surface area contributed by atoms with E-state index < -0.39 is 0 Å². The first-order chi connectivity index (χ1) is 5.31. The van der Waals surface area contributed by atoms with Gasteiger partial charge in [-0.05, 0) is 0 Å². The van der Waals surface area contributed by atoms with Gasteiger partial charge in [-0.1, -0.05) is 0 Å². The summed E-state index contributed by atoms with van der Waals surface area (Å²) in [6.45, 7) is 2.07. The quantitative estimate of drug-likeness (QED) is 0.447. The van der Waals surface area contributed by atoms with Crippen molar-refractivity contribution in [1.82, 2.24) is 10.6 Å². The van der Waals surface area contributed by atoms with Crippen molar-refractivity contribution in [3.8, 4) is 0 Å². The first-order valence-electron chi connectivity index (χ1n) is 3.54. The van der Waals surface area contributed by atoms with Gasteiger partial charge in [0.2, 0.25) is 0 Å². The van der Waals surface area contributed by atoms with E-state index in [9.17, 15) is 4.79 Å². The summed E-state index contributed by atoms with van der Waals surface area (Å²) in [5, 5.41) is 5.00. The van der Waals surface area contributed by atoms with Crippen molar-refractivity contribution in [2.24, 2.45) is 5.73 Å². The van der Waals surface area contributed by atoms with Gasteiger partial charge in [-0.25, -0.2) is 4.79 Å². The minimum atomic E-state index is -0.193. The maximum atomic E-state index is 10.5. The Morgan fingerprint density at radius 1 is 1.55 bits per heavy atom. The Morgan fingerprint density at radius 3 is 2.82 bits per heavy atom. The summed E-state index contributed by atoms with van der Waals surface area (Å²) in [5.74, 6) is 0. The number of carbonyl (C=O) groups excluding carboxylic acids is 1. The average Bonchev–Trinajstić information content (AvgIpc) is 2.04. The molecule has 0 aromatic carbocycles. The fourth-order valence-electron chi connectivity index (χ4n) is 0.511. The van der Waals surface area contributed by atoms with E-state index in [2.05, 4.69) is 10.6 Å². The predicted octanol–water partition coefficient (Wildman–Crippen LogP) is -1.11. The largest absolute Gasteiger partial charge is 0.378 e. The number of hydrogen-bond donors (Lipinski definition) is 3. The highest BCUT2D eigenvalue weighted by atomic mass is 16.5. The molecule has 4 N–H and O–H groups in total. The third kappa shape index (κ3) is 7.08. The van der Waals surface area contributed by atoms with Gasteiger partial charge in [-0.15, -0.1) is 0 Å². The Bertz CT molecular complexity index is 108. The maximum Gasteiger partial charge on any atom is 0.314 e. The van der Waals surface area contributed by atoms with Gasteiger partial charge in [0.1, 0.15) is 0 Å². The number of hydrogen-bond acceptors (Lipinski definition) is 3. The molecule has 0 unspecified atom stereocenters. The lowest BCUT2D eigenvalue weighted by atomic mass is 10.6. The predicted molar refractivity (Wildman–Crippen MR) is 42.3 cm³/mol. The number of nitrogens with one attached hydrogen (secondary N) is 2. The van der Waals surface area contributed by atoms with Crippen LogP contribution in [0.2, 0.25) is 0 Å². The first kappa shape index (κ1) is 10.2. The van der Waals surface area contributed by atoms with E-state index in [1.807, 2.05) is 0 Å². The highest BCUT2D eigenvalue weighted by Crippen LogP contribution is 1.70. The summed E-state index contributed by atoms with van der Waals surface area (Å²) in [6, 6.07) is -0.193. The van der Waals surface area contributed by atoms with Crippen LogP contribution in [0.1, 0.15) is 0 Å². The molecule has 0 spiro atoms. The molecule has 0 saturated heterocycles. The molecule has 0 aliphatic carbocycles. The van der Waals surface area contributed by atoms with Crippen LogP contribution in [0.3, 0.4) is 0 Å². The molecule has 0 saturated carbocycles. The van der Waals surface area contributed by atoms with Gasteiger partial charge < -0.3 is 21.1 Å². The lowest BCUT2D eigenvalue weighted by Crippen LogP contribution is -2.35.